The monoisotopic (exact) mass is 667 g/mol. The van der Waals surface area contributed by atoms with Gasteiger partial charge in [0.05, 0.1) is 35.2 Å². The van der Waals surface area contributed by atoms with Crippen molar-refractivity contribution in [3.05, 3.63) is 94.5 Å². The molecular formula is C36H33N3O10. The first kappa shape index (κ1) is 33.5. The van der Waals surface area contributed by atoms with Crippen molar-refractivity contribution in [3.8, 4) is 5.75 Å². The van der Waals surface area contributed by atoms with Crippen LogP contribution in [0, 0.1) is 23.7 Å². The molecule has 3 aromatic carbocycles. The Morgan fingerprint density at radius 2 is 1.45 bits per heavy atom. The van der Waals surface area contributed by atoms with Crippen molar-refractivity contribution in [1.29, 1.82) is 0 Å². The van der Waals surface area contributed by atoms with E-state index >= 15 is 0 Å². The molecule has 2 unspecified atom stereocenters. The Kier molecular flexibility index (Phi) is 8.18. The second kappa shape index (κ2) is 11.9. The number of phenolic OH excluding ortho intramolecular Hbond substituents is 1. The Hall–Kier alpha value is -5.37. The minimum atomic E-state index is -3.12. The molecule has 13 nitrogen and oxygen atoms in total. The average Bonchev–Trinajstić information content (AvgIpc) is 3.07. The van der Waals surface area contributed by atoms with Crippen molar-refractivity contribution >= 4 is 46.4 Å². The Morgan fingerprint density at radius 1 is 0.857 bits per heavy atom. The van der Waals surface area contributed by atoms with Crippen LogP contribution in [-0.4, -0.2) is 92.8 Å². The van der Waals surface area contributed by atoms with E-state index < -0.39 is 88.0 Å². The maximum absolute atomic E-state index is 14.1. The molecule has 2 saturated carbocycles. The molecular weight excluding hydrogens is 634 g/mol. The summed E-state index contributed by atoms with van der Waals surface area (Å²) in [5.74, 6) is -15.6. The number of benzene rings is 3. The van der Waals surface area contributed by atoms with Crippen LogP contribution < -0.4 is 11.1 Å². The number of Topliss-reactive ketones (excluding diaryl/α,β-unsaturated/α-hetero) is 4. The van der Waals surface area contributed by atoms with Crippen molar-refractivity contribution < 1.29 is 48.9 Å². The van der Waals surface area contributed by atoms with Crippen LogP contribution in [0.25, 0.3) is 0 Å². The summed E-state index contributed by atoms with van der Waals surface area (Å²) in [5, 5.41) is 37.4. The van der Waals surface area contributed by atoms with Gasteiger partial charge in [-0.1, -0.05) is 55.5 Å². The van der Waals surface area contributed by atoms with Crippen LogP contribution in [0.4, 0.5) is 5.69 Å². The number of nitrogens with one attached hydrogen (secondary N) is 1. The first-order valence-corrected chi connectivity index (χ1v) is 15.5. The topological polar surface area (TPSA) is 221 Å². The number of primary amides is 1. The normalized spacial score (nSPS) is 29.1. The van der Waals surface area contributed by atoms with Crippen LogP contribution in [-0.2, 0) is 19.2 Å². The number of anilines is 1. The number of carbonyl (C=O) groups excluding carboxylic acids is 7. The van der Waals surface area contributed by atoms with Crippen LogP contribution in [0.15, 0.2) is 66.7 Å². The van der Waals surface area contributed by atoms with Crippen molar-refractivity contribution in [3.63, 3.8) is 0 Å². The molecule has 0 aliphatic heterocycles. The van der Waals surface area contributed by atoms with Gasteiger partial charge in [0, 0.05) is 22.6 Å². The number of nitrogens with zero attached hydrogens (tertiary/aromatic N) is 1. The van der Waals surface area contributed by atoms with E-state index in [1.54, 1.807) is 37.3 Å². The van der Waals surface area contributed by atoms with Crippen molar-refractivity contribution in [2.45, 2.75) is 30.6 Å². The first-order valence-electron chi connectivity index (χ1n) is 15.5. The molecule has 252 valence electrons. The van der Waals surface area contributed by atoms with Gasteiger partial charge in [-0.05, 0) is 43.8 Å². The number of amides is 2. The molecule has 3 aliphatic rings. The van der Waals surface area contributed by atoms with Gasteiger partial charge < -0.3 is 26.4 Å². The number of aliphatic hydroxyl groups is 2. The molecule has 49 heavy (non-hydrogen) atoms. The fraction of sp³-hybridized carbons (Fsp3) is 0.306. The van der Waals surface area contributed by atoms with E-state index in [9.17, 15) is 48.9 Å². The lowest BCUT2D eigenvalue weighted by atomic mass is 9.49. The molecule has 2 fully saturated rings. The highest BCUT2D eigenvalue weighted by Gasteiger charge is 2.72. The molecule has 0 aromatic heterocycles. The number of fused-ring (bicyclic) bond motifs is 3. The maximum atomic E-state index is 14.1. The lowest BCUT2D eigenvalue weighted by Gasteiger charge is -2.56. The molecule has 3 aromatic rings. The maximum Gasteiger partial charge on any atom is 0.255 e. The Bertz CT molecular complexity index is 1960. The number of carbonyl (C=O) groups is 7. The van der Waals surface area contributed by atoms with Gasteiger partial charge in [0.2, 0.25) is 5.91 Å². The van der Waals surface area contributed by atoms with Gasteiger partial charge in [-0.3, -0.25) is 38.5 Å². The fourth-order valence-corrected chi connectivity index (χ4v) is 7.81. The van der Waals surface area contributed by atoms with Gasteiger partial charge in [-0.2, -0.15) is 0 Å². The summed E-state index contributed by atoms with van der Waals surface area (Å²) in [4.78, 5) is 94.5. The highest BCUT2D eigenvalue weighted by molar-refractivity contribution is 6.32. The third-order valence-electron chi connectivity index (χ3n) is 10.2. The van der Waals surface area contributed by atoms with Gasteiger partial charge in [-0.15, -0.1) is 0 Å². The molecule has 0 spiro atoms. The Morgan fingerprint density at radius 3 is 2.04 bits per heavy atom. The number of aromatic hydroxyl groups is 1. The Balaban J connectivity index is 1.33. The molecule has 0 bridgehead atoms. The molecule has 13 heteroatoms. The molecule has 0 heterocycles. The second-order valence-corrected chi connectivity index (χ2v) is 13.0. The van der Waals surface area contributed by atoms with Gasteiger partial charge in [0.1, 0.15) is 5.75 Å². The van der Waals surface area contributed by atoms with Crippen LogP contribution in [0.2, 0.25) is 0 Å². The standard InChI is InChI=1S/C36H33N3O10/c1-15-19-13-14-20(38-35(48)18-11-9-17(10-12-18)27(40)16-7-5-4-6-8-16)28(41)22(19)29(42)23-21(15)30(43)25-26(39(2)3)31(44)24(34(37)47)33(46)36(25,49)32(23)45/h4-15,21,23-26,30,41,43,49H,1-3H3,(H2,37,47)(H,38,48)/t15-,21+,23?,24?,25+,26-,30-,36-/m0/s1. The number of phenols is 1. The third-order valence-corrected chi connectivity index (χ3v) is 10.2. The van der Waals surface area contributed by atoms with Crippen LogP contribution in [0.3, 0.4) is 0 Å². The zero-order chi connectivity index (χ0) is 35.7. The third kappa shape index (κ3) is 4.92. The number of ketones is 5. The molecule has 6 rings (SSSR count). The highest BCUT2D eigenvalue weighted by Crippen LogP contribution is 2.55. The van der Waals surface area contributed by atoms with E-state index in [0.717, 1.165) is 0 Å². The SMILES string of the molecule is C[C@H]1c2ccc(NC(=O)c3ccc(C(=O)c4ccccc4)cc3)c(O)c2C(=O)C2C(=O)[C@]3(O)C(=O)C(C(N)=O)C(=O)[C@@H](N(C)C)[C@@H]3[C@@H](O)[C@@H]21. The summed E-state index contributed by atoms with van der Waals surface area (Å²) in [7, 11) is 2.83. The molecule has 0 saturated heterocycles. The number of aliphatic hydroxyl groups excluding tert-OH is 1. The van der Waals surface area contributed by atoms with Crippen molar-refractivity contribution in [2.24, 2.45) is 29.4 Å². The zero-order valence-corrected chi connectivity index (χ0v) is 26.6. The molecule has 3 aliphatic carbocycles. The largest absolute Gasteiger partial charge is 0.505 e. The molecule has 0 radical (unpaired) electrons. The van der Waals surface area contributed by atoms with E-state index in [1.807, 2.05) is 0 Å². The van der Waals surface area contributed by atoms with E-state index in [0.29, 0.717) is 11.1 Å². The van der Waals surface area contributed by atoms with E-state index in [2.05, 4.69) is 5.32 Å². The summed E-state index contributed by atoms with van der Waals surface area (Å²) >= 11 is 0. The summed E-state index contributed by atoms with van der Waals surface area (Å²) < 4.78 is 0. The number of rotatable bonds is 6. The van der Waals surface area contributed by atoms with Crippen LogP contribution in [0.5, 0.6) is 5.75 Å². The van der Waals surface area contributed by atoms with Crippen LogP contribution >= 0.6 is 0 Å². The number of nitrogens with two attached hydrogens (primary N) is 1. The zero-order valence-electron chi connectivity index (χ0n) is 26.6. The fourth-order valence-electron chi connectivity index (χ4n) is 7.81. The van der Waals surface area contributed by atoms with Gasteiger partial charge in [0.15, 0.2) is 40.4 Å². The Labute approximate surface area is 279 Å². The smallest absolute Gasteiger partial charge is 0.255 e. The summed E-state index contributed by atoms with van der Waals surface area (Å²) in [6.45, 7) is 1.59. The van der Waals surface area contributed by atoms with E-state index in [-0.39, 0.29) is 28.2 Å². The van der Waals surface area contributed by atoms with E-state index in [1.165, 1.54) is 55.4 Å². The predicted molar refractivity (Wildman–Crippen MR) is 172 cm³/mol. The first-order chi connectivity index (χ1) is 23.1. The predicted octanol–water partition coefficient (Wildman–Crippen LogP) is 0.882. The molecule has 2 amide bonds. The molecule has 6 N–H and O–H groups in total. The highest BCUT2D eigenvalue weighted by atomic mass is 16.3. The van der Waals surface area contributed by atoms with E-state index in [4.69, 9.17) is 5.73 Å². The lowest BCUT2D eigenvalue weighted by Crippen LogP contribution is -2.77. The van der Waals surface area contributed by atoms with Crippen LogP contribution in [0.1, 0.15) is 55.0 Å². The number of likely N-dealkylation sites (N-methyl/N-ethyl adjacent to an activating group) is 1. The van der Waals surface area contributed by atoms with Gasteiger partial charge in [-0.25, -0.2) is 0 Å². The lowest BCUT2D eigenvalue weighted by molar-refractivity contribution is -0.196. The van der Waals surface area contributed by atoms with Gasteiger partial charge in [0.25, 0.3) is 5.91 Å². The minimum absolute atomic E-state index is 0.130. The number of hydrogen-bond donors (Lipinski definition) is 5. The summed E-state index contributed by atoms with van der Waals surface area (Å²) in [6, 6.07) is 15.7. The summed E-state index contributed by atoms with van der Waals surface area (Å²) in [6.07, 6.45) is -1.76. The summed E-state index contributed by atoms with van der Waals surface area (Å²) in [5.41, 5.74) is 2.86. The number of hydrogen-bond acceptors (Lipinski definition) is 11. The average molecular weight is 668 g/mol. The minimum Gasteiger partial charge on any atom is -0.505 e. The van der Waals surface area contributed by atoms with Gasteiger partial charge >= 0.3 is 0 Å². The van der Waals surface area contributed by atoms with Crippen molar-refractivity contribution in [2.75, 3.05) is 19.4 Å². The quantitative estimate of drug-likeness (QED) is 0.141. The second-order valence-electron chi connectivity index (χ2n) is 13.0. The van der Waals surface area contributed by atoms with Crippen molar-refractivity contribution in [1.82, 2.24) is 4.90 Å². The molecule has 8 atom stereocenters.